The summed E-state index contributed by atoms with van der Waals surface area (Å²) in [4.78, 5) is 23.3. The molecule has 1 aliphatic rings. The van der Waals surface area contributed by atoms with E-state index in [1.807, 2.05) is 0 Å². The molecule has 2 N–H and O–H groups in total. The van der Waals surface area contributed by atoms with Gasteiger partial charge >= 0.3 is 0 Å². The number of carbonyl (C=O) groups excluding carboxylic acids is 2. The second kappa shape index (κ2) is 3.34. The largest absolute Gasteiger partial charge is 0.323 e. The molecule has 1 saturated heterocycles. The first-order valence-electron chi connectivity index (χ1n) is 3.71. The number of likely N-dealkylation sites (tertiary alicyclic amines) is 1. The van der Waals surface area contributed by atoms with Crippen LogP contribution in [-0.2, 0) is 9.59 Å². The lowest BCUT2D eigenvalue weighted by molar-refractivity contribution is -0.137. The number of nitrogens with zero attached hydrogens (tertiary/aromatic N) is 2. The molecule has 66 valence electrons. The number of hydrazone groups is 1. The van der Waals surface area contributed by atoms with Gasteiger partial charge in [-0.05, 0) is 6.92 Å². The monoisotopic (exact) mass is 169 g/mol. The zero-order valence-electron chi connectivity index (χ0n) is 6.91. The fourth-order valence-electron chi connectivity index (χ4n) is 1.07. The van der Waals surface area contributed by atoms with Gasteiger partial charge in [0.25, 0.3) is 0 Å². The van der Waals surface area contributed by atoms with Crippen LogP contribution >= 0.6 is 0 Å². The van der Waals surface area contributed by atoms with E-state index in [9.17, 15) is 9.59 Å². The fourth-order valence-corrected chi connectivity index (χ4v) is 1.07. The normalized spacial score (nSPS) is 19.1. The smallest absolute Gasteiger partial charge is 0.230 e. The highest BCUT2D eigenvalue weighted by molar-refractivity contribution is 6.05. The molecule has 5 nitrogen and oxygen atoms in total. The average molecular weight is 169 g/mol. The van der Waals surface area contributed by atoms with Crippen molar-refractivity contribution in [3.8, 4) is 0 Å². The number of imide groups is 1. The molecule has 2 amide bonds. The molecule has 1 fully saturated rings. The molecule has 1 aliphatic heterocycles. The Morgan fingerprint density at radius 3 is 2.42 bits per heavy atom. The zero-order valence-corrected chi connectivity index (χ0v) is 6.91. The molecule has 0 spiro atoms. The van der Waals surface area contributed by atoms with E-state index in [0.29, 0.717) is 18.6 Å². The van der Waals surface area contributed by atoms with Crippen LogP contribution in [-0.4, -0.2) is 29.0 Å². The summed E-state index contributed by atoms with van der Waals surface area (Å²) < 4.78 is 0. The predicted molar refractivity (Wildman–Crippen MR) is 43.3 cm³/mol. The first kappa shape index (κ1) is 8.70. The molecule has 0 unspecified atom stereocenters. The van der Waals surface area contributed by atoms with Crippen molar-refractivity contribution in [1.29, 1.82) is 0 Å². The van der Waals surface area contributed by atoms with E-state index in [2.05, 4.69) is 5.10 Å². The Labute approximate surface area is 70.2 Å². The van der Waals surface area contributed by atoms with Gasteiger partial charge < -0.3 is 5.84 Å². The van der Waals surface area contributed by atoms with Gasteiger partial charge in [0.15, 0.2) is 0 Å². The van der Waals surface area contributed by atoms with E-state index >= 15 is 0 Å². The van der Waals surface area contributed by atoms with E-state index in [-0.39, 0.29) is 18.4 Å². The molecule has 0 saturated carbocycles. The highest BCUT2D eigenvalue weighted by atomic mass is 16.2. The Hall–Kier alpha value is -1.39. The number of amides is 2. The molecule has 1 rings (SSSR count). The number of carbonyl (C=O) groups is 2. The van der Waals surface area contributed by atoms with Crippen molar-refractivity contribution in [2.45, 2.75) is 19.8 Å². The van der Waals surface area contributed by atoms with Crippen LogP contribution in [0.2, 0.25) is 0 Å². The van der Waals surface area contributed by atoms with E-state index in [4.69, 9.17) is 5.84 Å². The van der Waals surface area contributed by atoms with Gasteiger partial charge in [-0.15, -0.1) is 0 Å². The quantitative estimate of drug-likeness (QED) is 0.261. The van der Waals surface area contributed by atoms with Crippen molar-refractivity contribution in [2.75, 3.05) is 6.54 Å². The van der Waals surface area contributed by atoms with Gasteiger partial charge in [-0.25, -0.2) is 0 Å². The van der Waals surface area contributed by atoms with Crippen LogP contribution in [0.25, 0.3) is 0 Å². The summed E-state index contributed by atoms with van der Waals surface area (Å²) >= 11 is 0. The van der Waals surface area contributed by atoms with Crippen LogP contribution in [0.1, 0.15) is 19.8 Å². The maximum absolute atomic E-state index is 11.0. The Kier molecular flexibility index (Phi) is 2.42. The number of nitrogens with two attached hydrogens (primary N) is 1. The Balaban J connectivity index is 2.62. The maximum atomic E-state index is 11.0. The van der Waals surface area contributed by atoms with Crippen LogP contribution in [0.15, 0.2) is 5.10 Å². The molecule has 12 heavy (non-hydrogen) atoms. The minimum Gasteiger partial charge on any atom is -0.323 e. The molecule has 0 bridgehead atoms. The number of rotatable bonds is 2. The number of hydrogen-bond donors (Lipinski definition) is 1. The van der Waals surface area contributed by atoms with Crippen molar-refractivity contribution < 1.29 is 9.59 Å². The van der Waals surface area contributed by atoms with E-state index in [1.165, 1.54) is 4.90 Å². The third-order valence-corrected chi connectivity index (χ3v) is 1.76. The van der Waals surface area contributed by atoms with Gasteiger partial charge in [0.05, 0.1) is 12.3 Å². The summed E-state index contributed by atoms with van der Waals surface area (Å²) in [6, 6.07) is 0. The summed E-state index contributed by atoms with van der Waals surface area (Å²) in [5.74, 6) is 4.71. The lowest BCUT2D eigenvalue weighted by Crippen LogP contribution is -2.33. The van der Waals surface area contributed by atoms with E-state index in [1.54, 1.807) is 6.92 Å². The predicted octanol–water partition coefficient (Wildman–Crippen LogP) is -0.530. The number of hydrogen-bond acceptors (Lipinski definition) is 4. The standard InChI is InChI=1S/C7H11N3O2/c1-5(9-8)4-10-6(11)2-3-7(10)12/h2-4,8H2,1H3/b9-5+. The molecule has 1 heterocycles. The molecule has 0 aromatic rings. The lowest BCUT2D eigenvalue weighted by atomic mass is 10.4. The van der Waals surface area contributed by atoms with Crippen molar-refractivity contribution in [3.63, 3.8) is 0 Å². The minimum absolute atomic E-state index is 0.136. The molecule has 0 aliphatic carbocycles. The maximum Gasteiger partial charge on any atom is 0.230 e. The third-order valence-electron chi connectivity index (χ3n) is 1.76. The third kappa shape index (κ3) is 1.61. The average Bonchev–Trinajstić information content (AvgIpc) is 2.35. The van der Waals surface area contributed by atoms with Crippen molar-refractivity contribution in [3.05, 3.63) is 0 Å². The van der Waals surface area contributed by atoms with E-state index < -0.39 is 0 Å². The Bertz CT molecular complexity index is 231. The van der Waals surface area contributed by atoms with Crippen LogP contribution in [0.5, 0.6) is 0 Å². The molecule has 0 aromatic carbocycles. The summed E-state index contributed by atoms with van der Waals surface area (Å²) in [5, 5.41) is 3.39. The molecular formula is C7H11N3O2. The fraction of sp³-hybridized carbons (Fsp3) is 0.571. The second-order valence-corrected chi connectivity index (χ2v) is 2.74. The van der Waals surface area contributed by atoms with Crippen LogP contribution in [0.4, 0.5) is 0 Å². The summed E-state index contributed by atoms with van der Waals surface area (Å²) in [5.41, 5.74) is 0.582. The highest BCUT2D eigenvalue weighted by Gasteiger charge is 2.28. The minimum atomic E-state index is -0.136. The van der Waals surface area contributed by atoms with Gasteiger partial charge in [0, 0.05) is 12.8 Å². The van der Waals surface area contributed by atoms with Crippen molar-refractivity contribution in [1.82, 2.24) is 4.90 Å². The van der Waals surface area contributed by atoms with E-state index in [0.717, 1.165) is 0 Å². The summed E-state index contributed by atoms with van der Waals surface area (Å²) in [6.45, 7) is 1.91. The zero-order chi connectivity index (χ0) is 9.14. The first-order valence-corrected chi connectivity index (χ1v) is 3.71. The molecule has 0 atom stereocenters. The van der Waals surface area contributed by atoms with Gasteiger partial charge in [-0.1, -0.05) is 0 Å². The lowest BCUT2D eigenvalue weighted by Gasteiger charge is -2.11. The van der Waals surface area contributed by atoms with Gasteiger partial charge in [0.2, 0.25) is 11.8 Å². The van der Waals surface area contributed by atoms with Gasteiger partial charge in [0.1, 0.15) is 0 Å². The molecule has 0 aromatic heterocycles. The summed E-state index contributed by atoms with van der Waals surface area (Å²) in [6.07, 6.45) is 0.632. The molecule has 5 heteroatoms. The first-order chi connectivity index (χ1) is 5.65. The topological polar surface area (TPSA) is 75.8 Å². The SMILES string of the molecule is C/C(CN1C(=O)CCC1=O)=N\N. The summed E-state index contributed by atoms with van der Waals surface area (Å²) in [7, 11) is 0. The van der Waals surface area contributed by atoms with Crippen molar-refractivity contribution in [2.24, 2.45) is 10.9 Å². The van der Waals surface area contributed by atoms with Crippen LogP contribution in [0, 0.1) is 0 Å². The van der Waals surface area contributed by atoms with Gasteiger partial charge in [-0.2, -0.15) is 5.10 Å². The Morgan fingerprint density at radius 1 is 1.50 bits per heavy atom. The van der Waals surface area contributed by atoms with Crippen LogP contribution < -0.4 is 5.84 Å². The Morgan fingerprint density at radius 2 is 2.00 bits per heavy atom. The van der Waals surface area contributed by atoms with Crippen molar-refractivity contribution >= 4 is 17.5 Å². The van der Waals surface area contributed by atoms with Gasteiger partial charge in [-0.3, -0.25) is 14.5 Å². The molecular weight excluding hydrogens is 158 g/mol. The molecule has 0 radical (unpaired) electrons. The van der Waals surface area contributed by atoms with Crippen LogP contribution in [0.3, 0.4) is 0 Å². The highest BCUT2D eigenvalue weighted by Crippen LogP contribution is 2.10. The second-order valence-electron chi connectivity index (χ2n) is 2.74.